The molecule has 0 spiro atoms. The third kappa shape index (κ3) is 5.60. The molecule has 0 saturated carbocycles. The largest absolute Gasteiger partial charge is 0.494 e. The Hall–Kier alpha value is -4.70. The van der Waals surface area contributed by atoms with Crippen LogP contribution in [0.4, 0.5) is 17.2 Å². The van der Waals surface area contributed by atoms with Gasteiger partial charge in [-0.05, 0) is 48.9 Å². The Morgan fingerprint density at radius 2 is 2.03 bits per heavy atom. The number of halogens is 1. The van der Waals surface area contributed by atoms with Crippen LogP contribution in [0.2, 0.25) is 5.02 Å². The van der Waals surface area contributed by atoms with Crippen LogP contribution in [0.15, 0.2) is 73.7 Å². The second kappa shape index (κ2) is 11.4. The van der Waals surface area contributed by atoms with Gasteiger partial charge in [0.1, 0.15) is 36.3 Å². The van der Waals surface area contributed by atoms with Gasteiger partial charge in [0.25, 0.3) is 0 Å². The van der Waals surface area contributed by atoms with E-state index >= 15 is 0 Å². The van der Waals surface area contributed by atoms with E-state index in [0.29, 0.717) is 64.2 Å². The predicted molar refractivity (Wildman–Crippen MR) is 148 cm³/mol. The van der Waals surface area contributed by atoms with Crippen LogP contribution in [0, 0.1) is 0 Å². The minimum Gasteiger partial charge on any atom is -0.494 e. The molecule has 5 rings (SSSR count). The molecule has 11 heteroatoms. The van der Waals surface area contributed by atoms with Gasteiger partial charge >= 0.3 is 0 Å². The summed E-state index contributed by atoms with van der Waals surface area (Å²) < 4.78 is 11.3. The Morgan fingerprint density at radius 3 is 2.72 bits per heavy atom. The van der Waals surface area contributed by atoms with Crippen LogP contribution in [0.5, 0.6) is 11.5 Å². The Balaban J connectivity index is 1.36. The predicted octanol–water partition coefficient (Wildman–Crippen LogP) is 4.73. The molecule has 0 bridgehead atoms. The van der Waals surface area contributed by atoms with Crippen molar-refractivity contribution >= 4 is 51.5 Å². The molecule has 1 atom stereocenters. The summed E-state index contributed by atoms with van der Waals surface area (Å²) >= 11 is 6.48. The van der Waals surface area contributed by atoms with Gasteiger partial charge in [-0.1, -0.05) is 24.2 Å². The zero-order valence-electron chi connectivity index (χ0n) is 21.1. The maximum atomic E-state index is 12.9. The molecule has 1 fully saturated rings. The Kier molecular flexibility index (Phi) is 7.55. The molecule has 10 nitrogen and oxygen atoms in total. The Labute approximate surface area is 229 Å². The van der Waals surface area contributed by atoms with Crippen molar-refractivity contribution in [2.75, 3.05) is 24.3 Å². The van der Waals surface area contributed by atoms with Crippen molar-refractivity contribution in [2.45, 2.75) is 19.1 Å². The molecule has 0 aliphatic carbocycles. The van der Waals surface area contributed by atoms with Crippen LogP contribution in [-0.2, 0) is 16.2 Å². The molecular formula is C28H25ClN6O4. The normalized spacial score (nSPS) is 14.3. The highest BCUT2D eigenvalue weighted by Gasteiger charge is 2.36. The summed E-state index contributed by atoms with van der Waals surface area (Å²) in [5, 5.41) is 7.21. The zero-order valence-corrected chi connectivity index (χ0v) is 21.8. The summed E-state index contributed by atoms with van der Waals surface area (Å²) in [6.07, 6.45) is 4.91. The van der Waals surface area contributed by atoms with Gasteiger partial charge in [0, 0.05) is 29.9 Å². The number of hydrogen-bond donors (Lipinski definition) is 2. The van der Waals surface area contributed by atoms with Gasteiger partial charge in [-0.25, -0.2) is 9.97 Å². The number of nitrogens with one attached hydrogen (secondary N) is 2. The molecule has 1 unspecified atom stereocenters. The standard InChI is InChI=1S/C28H25ClN6O4/c1-3-26(36)35-11-9-23(35)28(37)34-22-13-19-21(14-25(22)38-2)31-16-32-27(19)33-17-7-8-24(20(29)12-17)39-15-18-6-4-5-10-30-18/h3-8,10,12-14,16,23H,1,9,11,15H2,2H3,(H,34,37)(H,31,32,33). The summed E-state index contributed by atoms with van der Waals surface area (Å²) in [4.78, 5) is 39.4. The number of hydrogen-bond acceptors (Lipinski definition) is 8. The molecule has 3 heterocycles. The molecule has 0 radical (unpaired) electrons. The molecule has 2 amide bonds. The lowest BCUT2D eigenvalue weighted by Crippen LogP contribution is -2.56. The molecule has 39 heavy (non-hydrogen) atoms. The quantitative estimate of drug-likeness (QED) is 0.290. The van der Waals surface area contributed by atoms with Crippen LogP contribution < -0.4 is 20.1 Å². The number of anilines is 3. The number of carbonyl (C=O) groups is 2. The molecule has 2 N–H and O–H groups in total. The molecule has 2 aromatic carbocycles. The van der Waals surface area contributed by atoms with E-state index < -0.39 is 6.04 Å². The summed E-state index contributed by atoms with van der Waals surface area (Å²) in [6.45, 7) is 4.30. The van der Waals surface area contributed by atoms with Crippen molar-refractivity contribution in [3.63, 3.8) is 0 Å². The van der Waals surface area contributed by atoms with Crippen molar-refractivity contribution < 1.29 is 19.1 Å². The van der Waals surface area contributed by atoms with Gasteiger partial charge in [-0.15, -0.1) is 0 Å². The van der Waals surface area contributed by atoms with Gasteiger partial charge in [0.05, 0.1) is 29.0 Å². The van der Waals surface area contributed by atoms with Gasteiger partial charge in [-0.2, -0.15) is 0 Å². The number of rotatable bonds is 9. The number of benzene rings is 2. The summed E-state index contributed by atoms with van der Waals surface area (Å²) in [5.41, 5.74) is 2.51. The minimum atomic E-state index is -0.568. The SMILES string of the molecule is C=CC(=O)N1CCC1C(=O)Nc1cc2c(Nc3ccc(OCc4ccccn4)c(Cl)c3)ncnc2cc1OC. The average molecular weight is 545 g/mol. The second-order valence-corrected chi connectivity index (χ2v) is 9.11. The van der Waals surface area contributed by atoms with Crippen LogP contribution in [0.1, 0.15) is 12.1 Å². The lowest BCUT2D eigenvalue weighted by molar-refractivity contribution is -0.141. The first-order chi connectivity index (χ1) is 19.0. The molecule has 1 aliphatic rings. The zero-order chi connectivity index (χ0) is 27.4. The number of fused-ring (bicyclic) bond motifs is 1. The summed E-state index contributed by atoms with van der Waals surface area (Å²) in [7, 11) is 1.51. The first kappa shape index (κ1) is 25.9. The number of methoxy groups -OCH3 is 1. The van der Waals surface area contributed by atoms with Crippen molar-refractivity contribution in [1.82, 2.24) is 19.9 Å². The van der Waals surface area contributed by atoms with Crippen LogP contribution >= 0.6 is 11.6 Å². The van der Waals surface area contributed by atoms with Gasteiger partial charge in [-0.3, -0.25) is 14.6 Å². The van der Waals surface area contributed by atoms with E-state index in [1.807, 2.05) is 24.3 Å². The fraction of sp³-hybridized carbons (Fsp3) is 0.179. The number of likely N-dealkylation sites (tertiary alicyclic amines) is 1. The smallest absolute Gasteiger partial charge is 0.247 e. The summed E-state index contributed by atoms with van der Waals surface area (Å²) in [5.74, 6) is 0.865. The third-order valence-corrected chi connectivity index (χ3v) is 6.59. The number of amides is 2. The highest BCUT2D eigenvalue weighted by atomic mass is 35.5. The highest BCUT2D eigenvalue weighted by Crippen LogP contribution is 2.35. The van der Waals surface area contributed by atoms with Crippen LogP contribution in [-0.4, -0.2) is 51.4 Å². The number of nitrogens with zero attached hydrogens (tertiary/aromatic N) is 4. The Bertz CT molecular complexity index is 1550. The number of aromatic nitrogens is 3. The monoisotopic (exact) mass is 544 g/mol. The van der Waals surface area contributed by atoms with Gasteiger partial charge < -0.3 is 25.0 Å². The fourth-order valence-electron chi connectivity index (χ4n) is 4.17. The lowest BCUT2D eigenvalue weighted by Gasteiger charge is -2.39. The van der Waals surface area contributed by atoms with E-state index in [9.17, 15) is 9.59 Å². The van der Waals surface area contributed by atoms with Gasteiger partial charge in [0.2, 0.25) is 11.8 Å². The average Bonchev–Trinajstić information content (AvgIpc) is 2.92. The highest BCUT2D eigenvalue weighted by molar-refractivity contribution is 6.32. The molecule has 1 aliphatic heterocycles. The Morgan fingerprint density at radius 1 is 1.15 bits per heavy atom. The lowest BCUT2D eigenvalue weighted by atomic mass is 10.0. The second-order valence-electron chi connectivity index (χ2n) is 8.70. The molecular weight excluding hydrogens is 520 g/mol. The van der Waals surface area contributed by atoms with E-state index in [-0.39, 0.29) is 11.8 Å². The molecule has 2 aromatic heterocycles. The third-order valence-electron chi connectivity index (χ3n) is 6.29. The number of pyridine rings is 1. The maximum Gasteiger partial charge on any atom is 0.247 e. The molecule has 1 saturated heterocycles. The van der Waals surface area contributed by atoms with E-state index in [4.69, 9.17) is 21.1 Å². The van der Waals surface area contributed by atoms with E-state index in [1.54, 1.807) is 30.5 Å². The number of ether oxygens (including phenoxy) is 2. The van der Waals surface area contributed by atoms with Crippen molar-refractivity contribution in [1.29, 1.82) is 0 Å². The van der Waals surface area contributed by atoms with Crippen LogP contribution in [0.3, 0.4) is 0 Å². The summed E-state index contributed by atoms with van der Waals surface area (Å²) in [6, 6.07) is 13.8. The maximum absolute atomic E-state index is 12.9. The minimum absolute atomic E-state index is 0.279. The van der Waals surface area contributed by atoms with E-state index in [0.717, 1.165) is 5.69 Å². The van der Waals surface area contributed by atoms with Gasteiger partial charge in [0.15, 0.2) is 0 Å². The fourth-order valence-corrected chi connectivity index (χ4v) is 4.41. The van der Waals surface area contributed by atoms with Crippen LogP contribution in [0.25, 0.3) is 10.9 Å². The number of carbonyl (C=O) groups excluding carboxylic acids is 2. The van der Waals surface area contributed by atoms with E-state index in [2.05, 4.69) is 32.2 Å². The molecule has 198 valence electrons. The van der Waals surface area contributed by atoms with Crippen molar-refractivity contribution in [3.05, 3.63) is 84.4 Å². The van der Waals surface area contributed by atoms with E-state index in [1.165, 1.54) is 24.4 Å². The first-order valence-corrected chi connectivity index (χ1v) is 12.5. The molecule has 4 aromatic rings. The first-order valence-electron chi connectivity index (χ1n) is 12.1. The topological polar surface area (TPSA) is 119 Å². The van der Waals surface area contributed by atoms with Crippen molar-refractivity contribution in [3.8, 4) is 11.5 Å². The van der Waals surface area contributed by atoms with Crippen molar-refractivity contribution in [2.24, 2.45) is 0 Å².